The summed E-state index contributed by atoms with van der Waals surface area (Å²) in [6.45, 7) is 2.34. The Bertz CT molecular complexity index is 1080. The average molecular weight is 440 g/mol. The van der Waals surface area contributed by atoms with Gasteiger partial charge in [0, 0.05) is 35.7 Å². The second kappa shape index (κ2) is 10.5. The first-order valence-corrected chi connectivity index (χ1v) is 10.5. The summed E-state index contributed by atoms with van der Waals surface area (Å²) in [7, 11) is 0. The van der Waals surface area contributed by atoms with Crippen LogP contribution in [0.1, 0.15) is 22.7 Å². The lowest BCUT2D eigenvalue weighted by Gasteiger charge is -2.21. The van der Waals surface area contributed by atoms with Crippen molar-refractivity contribution in [2.24, 2.45) is 5.73 Å². The van der Waals surface area contributed by atoms with E-state index in [-0.39, 0.29) is 18.9 Å². The standard InChI is InChI=1S/C23H22FN3O3S/c1-16-26-19(15-31-16)14-30-21-5-3-2-4-17(21)6-11-23(29)27(13-12-22(25)28)20-9-7-18(24)8-10-20/h2-11,15H,12-14H2,1H3,(H2,25,28)/b11-6+. The summed E-state index contributed by atoms with van der Waals surface area (Å²) in [5.74, 6) is -0.691. The zero-order valence-corrected chi connectivity index (χ0v) is 17.8. The van der Waals surface area contributed by atoms with Gasteiger partial charge in [0.25, 0.3) is 5.91 Å². The van der Waals surface area contributed by atoms with Gasteiger partial charge < -0.3 is 15.4 Å². The second-order valence-corrected chi connectivity index (χ2v) is 7.76. The number of nitrogens with two attached hydrogens (primary N) is 1. The molecule has 0 aliphatic rings. The molecular formula is C23H22FN3O3S. The number of halogens is 1. The number of ether oxygens (including phenoxy) is 1. The fourth-order valence-electron chi connectivity index (χ4n) is 2.84. The zero-order chi connectivity index (χ0) is 22.2. The summed E-state index contributed by atoms with van der Waals surface area (Å²) in [6.07, 6.45) is 3.02. The summed E-state index contributed by atoms with van der Waals surface area (Å²) in [4.78, 5) is 29.8. The second-order valence-electron chi connectivity index (χ2n) is 6.70. The minimum atomic E-state index is -0.528. The first kappa shape index (κ1) is 22.2. The molecule has 0 aliphatic carbocycles. The Kier molecular flexibility index (Phi) is 7.50. The number of primary amides is 1. The van der Waals surface area contributed by atoms with Gasteiger partial charge >= 0.3 is 0 Å². The lowest BCUT2D eigenvalue weighted by atomic mass is 10.1. The maximum atomic E-state index is 13.3. The van der Waals surface area contributed by atoms with Crippen LogP contribution in [0.3, 0.4) is 0 Å². The Morgan fingerprint density at radius 3 is 2.61 bits per heavy atom. The highest BCUT2D eigenvalue weighted by molar-refractivity contribution is 7.09. The van der Waals surface area contributed by atoms with Crippen molar-refractivity contribution >= 4 is 34.9 Å². The maximum Gasteiger partial charge on any atom is 0.251 e. The monoisotopic (exact) mass is 439 g/mol. The van der Waals surface area contributed by atoms with Gasteiger partial charge in [0.2, 0.25) is 5.91 Å². The molecule has 2 amide bonds. The fraction of sp³-hybridized carbons (Fsp3) is 0.174. The van der Waals surface area contributed by atoms with E-state index >= 15 is 0 Å². The number of thiazole rings is 1. The molecule has 3 rings (SSSR count). The summed E-state index contributed by atoms with van der Waals surface area (Å²) in [5, 5.41) is 2.91. The first-order valence-electron chi connectivity index (χ1n) is 9.58. The van der Waals surface area contributed by atoms with Crippen molar-refractivity contribution in [3.63, 3.8) is 0 Å². The number of aryl methyl sites for hydroxylation is 1. The lowest BCUT2D eigenvalue weighted by molar-refractivity contribution is -0.118. The molecule has 1 heterocycles. The number of rotatable bonds is 9. The fourth-order valence-corrected chi connectivity index (χ4v) is 3.43. The van der Waals surface area contributed by atoms with E-state index in [2.05, 4.69) is 4.98 Å². The van der Waals surface area contributed by atoms with Crippen LogP contribution >= 0.6 is 11.3 Å². The lowest BCUT2D eigenvalue weighted by Crippen LogP contribution is -2.32. The molecule has 1 aromatic heterocycles. The highest BCUT2D eigenvalue weighted by Gasteiger charge is 2.15. The van der Waals surface area contributed by atoms with Crippen LogP contribution in [0.25, 0.3) is 6.08 Å². The molecule has 0 spiro atoms. The zero-order valence-electron chi connectivity index (χ0n) is 17.0. The van der Waals surface area contributed by atoms with E-state index in [9.17, 15) is 14.0 Å². The van der Waals surface area contributed by atoms with E-state index in [1.807, 2.05) is 36.6 Å². The van der Waals surface area contributed by atoms with Crippen LogP contribution in [0.4, 0.5) is 10.1 Å². The molecule has 6 nitrogen and oxygen atoms in total. The Labute approximate surface area is 183 Å². The number of para-hydroxylation sites is 1. The summed E-state index contributed by atoms with van der Waals surface area (Å²) in [5.41, 5.74) is 7.27. The van der Waals surface area contributed by atoms with Crippen LogP contribution in [-0.4, -0.2) is 23.3 Å². The number of hydrogen-bond acceptors (Lipinski definition) is 5. The van der Waals surface area contributed by atoms with E-state index in [1.54, 1.807) is 17.4 Å². The van der Waals surface area contributed by atoms with Crippen LogP contribution in [0.15, 0.2) is 60.0 Å². The first-order chi connectivity index (χ1) is 14.9. The molecule has 3 aromatic rings. The van der Waals surface area contributed by atoms with Gasteiger partial charge in [0.15, 0.2) is 0 Å². The van der Waals surface area contributed by atoms with Crippen molar-refractivity contribution in [1.82, 2.24) is 4.98 Å². The highest BCUT2D eigenvalue weighted by Crippen LogP contribution is 2.22. The van der Waals surface area contributed by atoms with Crippen molar-refractivity contribution in [1.29, 1.82) is 0 Å². The minimum Gasteiger partial charge on any atom is -0.487 e. The molecule has 0 saturated carbocycles. The molecule has 0 fully saturated rings. The van der Waals surface area contributed by atoms with Gasteiger partial charge in [-0.05, 0) is 43.3 Å². The van der Waals surface area contributed by atoms with Crippen LogP contribution in [0, 0.1) is 12.7 Å². The van der Waals surface area contributed by atoms with Crippen LogP contribution in [0.5, 0.6) is 5.75 Å². The molecule has 0 unspecified atom stereocenters. The summed E-state index contributed by atoms with van der Waals surface area (Å²) < 4.78 is 19.1. The number of amides is 2. The van der Waals surface area contributed by atoms with Gasteiger partial charge in [-0.25, -0.2) is 9.37 Å². The number of benzene rings is 2. The van der Waals surface area contributed by atoms with E-state index < -0.39 is 11.7 Å². The van der Waals surface area contributed by atoms with E-state index in [4.69, 9.17) is 10.5 Å². The molecule has 2 N–H and O–H groups in total. The molecule has 8 heteroatoms. The summed E-state index contributed by atoms with van der Waals surface area (Å²) >= 11 is 1.55. The Hall–Kier alpha value is -3.52. The highest BCUT2D eigenvalue weighted by atomic mass is 32.1. The van der Waals surface area contributed by atoms with E-state index in [0.29, 0.717) is 18.0 Å². The molecular weight excluding hydrogens is 417 g/mol. The normalized spacial score (nSPS) is 10.9. The molecule has 0 atom stereocenters. The molecule has 0 radical (unpaired) electrons. The van der Waals surface area contributed by atoms with Gasteiger partial charge in [-0.3, -0.25) is 9.59 Å². The van der Waals surface area contributed by atoms with Crippen LogP contribution in [0.2, 0.25) is 0 Å². The van der Waals surface area contributed by atoms with Gasteiger partial charge in [-0.1, -0.05) is 18.2 Å². The number of anilines is 1. The molecule has 2 aromatic carbocycles. The van der Waals surface area contributed by atoms with Gasteiger partial charge in [0.1, 0.15) is 18.2 Å². The number of carbonyl (C=O) groups excluding carboxylic acids is 2. The SMILES string of the molecule is Cc1nc(COc2ccccc2/C=C/C(=O)N(CCC(N)=O)c2ccc(F)cc2)cs1. The smallest absolute Gasteiger partial charge is 0.251 e. The number of hydrogen-bond donors (Lipinski definition) is 1. The maximum absolute atomic E-state index is 13.3. The largest absolute Gasteiger partial charge is 0.487 e. The Morgan fingerprint density at radius 2 is 1.94 bits per heavy atom. The van der Waals surface area contributed by atoms with Crippen molar-refractivity contribution in [3.8, 4) is 5.75 Å². The van der Waals surface area contributed by atoms with Crippen molar-refractivity contribution < 1.29 is 18.7 Å². The van der Waals surface area contributed by atoms with Crippen molar-refractivity contribution in [2.45, 2.75) is 20.0 Å². The Morgan fingerprint density at radius 1 is 1.19 bits per heavy atom. The topological polar surface area (TPSA) is 85.5 Å². The molecule has 0 saturated heterocycles. The predicted octanol–water partition coefficient (Wildman–Crippen LogP) is 4.09. The van der Waals surface area contributed by atoms with Crippen LogP contribution in [-0.2, 0) is 16.2 Å². The van der Waals surface area contributed by atoms with Crippen molar-refractivity contribution in [2.75, 3.05) is 11.4 Å². The van der Waals surface area contributed by atoms with Gasteiger partial charge in [0.05, 0.1) is 10.7 Å². The minimum absolute atomic E-state index is 0.0102. The molecule has 31 heavy (non-hydrogen) atoms. The van der Waals surface area contributed by atoms with E-state index in [0.717, 1.165) is 16.3 Å². The average Bonchev–Trinajstić information content (AvgIpc) is 3.17. The van der Waals surface area contributed by atoms with Crippen molar-refractivity contribution in [3.05, 3.63) is 82.1 Å². The molecule has 160 valence electrons. The van der Waals surface area contributed by atoms with Gasteiger partial charge in [-0.2, -0.15) is 0 Å². The Balaban J connectivity index is 1.75. The third-order valence-corrected chi connectivity index (χ3v) is 5.18. The third kappa shape index (κ3) is 6.48. The number of carbonyl (C=O) groups is 2. The van der Waals surface area contributed by atoms with E-state index in [1.165, 1.54) is 35.2 Å². The molecule has 0 aliphatic heterocycles. The number of aromatic nitrogens is 1. The molecule has 0 bridgehead atoms. The third-order valence-electron chi connectivity index (χ3n) is 4.35. The summed E-state index contributed by atoms with van der Waals surface area (Å²) in [6, 6.07) is 12.8. The predicted molar refractivity (Wildman–Crippen MR) is 119 cm³/mol. The number of nitrogens with zero attached hydrogens (tertiary/aromatic N) is 2. The van der Waals surface area contributed by atoms with Crippen LogP contribution < -0.4 is 15.4 Å². The quantitative estimate of drug-likeness (QED) is 0.509. The van der Waals surface area contributed by atoms with Gasteiger partial charge in [-0.15, -0.1) is 11.3 Å².